The second kappa shape index (κ2) is 7.03. The fourth-order valence-corrected chi connectivity index (χ4v) is 3.47. The van der Waals surface area contributed by atoms with Gasteiger partial charge in [-0.2, -0.15) is 5.10 Å². The number of hydrogen-bond donors (Lipinski definition) is 1. The molecule has 1 aliphatic rings. The summed E-state index contributed by atoms with van der Waals surface area (Å²) in [5.41, 5.74) is 1.44. The van der Waals surface area contributed by atoms with Gasteiger partial charge in [0.25, 0.3) is 5.91 Å². The van der Waals surface area contributed by atoms with Gasteiger partial charge in [-0.25, -0.2) is 9.89 Å². The van der Waals surface area contributed by atoms with Gasteiger partial charge >= 0.3 is 5.69 Å². The van der Waals surface area contributed by atoms with Crippen molar-refractivity contribution in [1.29, 1.82) is 0 Å². The number of amides is 1. The van der Waals surface area contributed by atoms with Crippen LogP contribution < -0.4 is 5.69 Å². The molecule has 0 atom stereocenters. The Labute approximate surface area is 150 Å². The van der Waals surface area contributed by atoms with E-state index < -0.39 is 0 Å². The molecule has 2 aromatic heterocycles. The second-order valence-electron chi connectivity index (χ2n) is 6.54. The van der Waals surface area contributed by atoms with Gasteiger partial charge in [0.1, 0.15) is 12.1 Å². The van der Waals surface area contributed by atoms with Gasteiger partial charge in [-0.1, -0.05) is 30.3 Å². The number of likely N-dealkylation sites (tertiary alicyclic amines) is 1. The van der Waals surface area contributed by atoms with Crippen LogP contribution in [0.3, 0.4) is 0 Å². The number of furan rings is 1. The van der Waals surface area contributed by atoms with Crippen LogP contribution in [0, 0.1) is 0 Å². The van der Waals surface area contributed by atoms with E-state index in [0.29, 0.717) is 25.2 Å². The average Bonchev–Trinajstić information content (AvgIpc) is 3.33. The maximum atomic E-state index is 12.4. The minimum atomic E-state index is -0.194. The highest BCUT2D eigenvalue weighted by Gasteiger charge is 2.28. The lowest BCUT2D eigenvalue weighted by Gasteiger charge is -2.31. The van der Waals surface area contributed by atoms with Gasteiger partial charge in [0.05, 0.1) is 18.4 Å². The Balaban J connectivity index is 1.47. The van der Waals surface area contributed by atoms with E-state index >= 15 is 0 Å². The second-order valence-corrected chi connectivity index (χ2v) is 6.54. The largest absolute Gasteiger partial charge is 0.472 e. The zero-order valence-electron chi connectivity index (χ0n) is 14.3. The first-order chi connectivity index (χ1) is 12.7. The first-order valence-electron chi connectivity index (χ1n) is 8.73. The molecule has 1 saturated heterocycles. The molecule has 26 heavy (non-hydrogen) atoms. The Morgan fingerprint density at radius 1 is 1.19 bits per heavy atom. The van der Waals surface area contributed by atoms with E-state index in [-0.39, 0.29) is 17.5 Å². The van der Waals surface area contributed by atoms with E-state index in [9.17, 15) is 9.59 Å². The summed E-state index contributed by atoms with van der Waals surface area (Å²) in [6.07, 6.45) is 4.54. The maximum Gasteiger partial charge on any atom is 0.343 e. The highest BCUT2D eigenvalue weighted by molar-refractivity contribution is 5.93. The first kappa shape index (κ1) is 16.4. The van der Waals surface area contributed by atoms with Gasteiger partial charge in [-0.15, -0.1) is 0 Å². The summed E-state index contributed by atoms with van der Waals surface area (Å²) < 4.78 is 6.69. The van der Waals surface area contributed by atoms with E-state index in [4.69, 9.17) is 4.42 Å². The van der Waals surface area contributed by atoms with Gasteiger partial charge in [-0.05, 0) is 24.5 Å². The van der Waals surface area contributed by atoms with Crippen molar-refractivity contribution in [3.05, 3.63) is 76.4 Å². The van der Waals surface area contributed by atoms with Crippen LogP contribution >= 0.6 is 0 Å². The summed E-state index contributed by atoms with van der Waals surface area (Å²) in [5, 5.41) is 6.84. The van der Waals surface area contributed by atoms with Crippen molar-refractivity contribution >= 4 is 5.91 Å². The number of rotatable bonds is 4. The molecule has 3 heterocycles. The standard InChI is InChI=1S/C19H20N4O3/c24-18(16-8-11-26-13-16)22-9-6-15(7-10-22)17-20-21-19(25)23(17)12-14-4-2-1-3-5-14/h1-5,8,11,13,15H,6-7,9-10,12H2,(H,21,25). The Kier molecular flexibility index (Phi) is 4.43. The number of H-pyrrole nitrogens is 1. The molecular formula is C19H20N4O3. The number of nitrogens with one attached hydrogen (secondary N) is 1. The monoisotopic (exact) mass is 352 g/mol. The number of nitrogens with zero attached hydrogens (tertiary/aromatic N) is 3. The van der Waals surface area contributed by atoms with Crippen LogP contribution in [0.1, 0.15) is 40.5 Å². The molecular weight excluding hydrogens is 332 g/mol. The Morgan fingerprint density at radius 2 is 1.96 bits per heavy atom. The number of carbonyl (C=O) groups excluding carboxylic acids is 1. The molecule has 1 N–H and O–H groups in total. The SMILES string of the molecule is O=C(c1ccoc1)N1CCC(c2n[nH]c(=O)n2Cc2ccccc2)CC1. The van der Waals surface area contributed by atoms with E-state index in [0.717, 1.165) is 24.2 Å². The molecule has 1 amide bonds. The Morgan fingerprint density at radius 3 is 2.65 bits per heavy atom. The molecule has 0 bridgehead atoms. The molecule has 1 aromatic carbocycles. The van der Waals surface area contributed by atoms with Crippen molar-refractivity contribution in [2.75, 3.05) is 13.1 Å². The van der Waals surface area contributed by atoms with E-state index in [1.807, 2.05) is 35.2 Å². The van der Waals surface area contributed by atoms with Crippen molar-refractivity contribution < 1.29 is 9.21 Å². The number of aromatic nitrogens is 3. The van der Waals surface area contributed by atoms with Crippen LogP contribution in [-0.2, 0) is 6.54 Å². The smallest absolute Gasteiger partial charge is 0.343 e. The zero-order valence-corrected chi connectivity index (χ0v) is 14.3. The summed E-state index contributed by atoms with van der Waals surface area (Å²) in [6.45, 7) is 1.78. The molecule has 0 aliphatic carbocycles. The summed E-state index contributed by atoms with van der Waals surface area (Å²) >= 11 is 0. The van der Waals surface area contributed by atoms with Crippen molar-refractivity contribution in [3.63, 3.8) is 0 Å². The van der Waals surface area contributed by atoms with E-state index in [2.05, 4.69) is 10.2 Å². The highest BCUT2D eigenvalue weighted by Crippen LogP contribution is 2.27. The van der Waals surface area contributed by atoms with Crippen LogP contribution in [-0.4, -0.2) is 38.7 Å². The maximum absolute atomic E-state index is 12.4. The van der Waals surface area contributed by atoms with Crippen LogP contribution in [0.2, 0.25) is 0 Å². The Bertz CT molecular complexity index is 919. The molecule has 1 fully saturated rings. The van der Waals surface area contributed by atoms with E-state index in [1.165, 1.54) is 12.5 Å². The van der Waals surface area contributed by atoms with Gasteiger partial charge < -0.3 is 9.32 Å². The first-order valence-corrected chi connectivity index (χ1v) is 8.73. The van der Waals surface area contributed by atoms with Crippen molar-refractivity contribution in [2.45, 2.75) is 25.3 Å². The van der Waals surface area contributed by atoms with Gasteiger partial charge in [-0.3, -0.25) is 9.36 Å². The molecule has 7 heteroatoms. The van der Waals surface area contributed by atoms with Gasteiger partial charge in [0.15, 0.2) is 0 Å². The number of aromatic amines is 1. The minimum absolute atomic E-state index is 0.0131. The van der Waals surface area contributed by atoms with Gasteiger partial charge in [0.2, 0.25) is 0 Å². The quantitative estimate of drug-likeness (QED) is 0.780. The van der Waals surface area contributed by atoms with Crippen LogP contribution in [0.15, 0.2) is 58.1 Å². The molecule has 0 spiro atoms. The van der Waals surface area contributed by atoms with E-state index in [1.54, 1.807) is 10.6 Å². The Hall–Kier alpha value is -3.09. The predicted octanol–water partition coefficient (Wildman–Crippen LogP) is 2.23. The normalized spacial score (nSPS) is 15.3. The third-order valence-corrected chi connectivity index (χ3v) is 4.89. The molecule has 7 nitrogen and oxygen atoms in total. The summed E-state index contributed by atoms with van der Waals surface area (Å²) in [6, 6.07) is 11.5. The number of carbonyl (C=O) groups is 1. The van der Waals surface area contributed by atoms with Crippen molar-refractivity contribution in [2.24, 2.45) is 0 Å². The lowest BCUT2D eigenvalue weighted by molar-refractivity contribution is 0.0709. The van der Waals surface area contributed by atoms with Crippen LogP contribution in [0.4, 0.5) is 0 Å². The number of hydrogen-bond acceptors (Lipinski definition) is 4. The zero-order chi connectivity index (χ0) is 17.9. The minimum Gasteiger partial charge on any atom is -0.472 e. The molecule has 3 aromatic rings. The van der Waals surface area contributed by atoms with Crippen molar-refractivity contribution in [3.8, 4) is 0 Å². The molecule has 0 saturated carbocycles. The average molecular weight is 352 g/mol. The predicted molar refractivity (Wildman–Crippen MR) is 95.0 cm³/mol. The molecule has 1 aliphatic heterocycles. The third kappa shape index (κ3) is 3.20. The lowest BCUT2D eigenvalue weighted by atomic mass is 9.95. The topological polar surface area (TPSA) is 84.1 Å². The van der Waals surface area contributed by atoms with Gasteiger partial charge in [0, 0.05) is 19.0 Å². The highest BCUT2D eigenvalue weighted by atomic mass is 16.3. The third-order valence-electron chi connectivity index (χ3n) is 4.89. The van der Waals surface area contributed by atoms with Crippen molar-refractivity contribution in [1.82, 2.24) is 19.7 Å². The summed E-state index contributed by atoms with van der Waals surface area (Å²) in [4.78, 5) is 26.4. The lowest BCUT2D eigenvalue weighted by Crippen LogP contribution is -2.38. The molecule has 0 unspecified atom stereocenters. The van der Waals surface area contributed by atoms with Crippen LogP contribution in [0.25, 0.3) is 0 Å². The fourth-order valence-electron chi connectivity index (χ4n) is 3.47. The fraction of sp³-hybridized carbons (Fsp3) is 0.316. The molecule has 4 rings (SSSR count). The van der Waals surface area contributed by atoms with Crippen LogP contribution in [0.5, 0.6) is 0 Å². The summed E-state index contributed by atoms with van der Waals surface area (Å²) in [7, 11) is 0. The number of benzene rings is 1. The molecule has 0 radical (unpaired) electrons. The number of piperidine rings is 1. The summed E-state index contributed by atoms with van der Waals surface area (Å²) in [5.74, 6) is 0.918. The molecule has 134 valence electrons.